The summed E-state index contributed by atoms with van der Waals surface area (Å²) in [5.74, 6) is 6.39. The summed E-state index contributed by atoms with van der Waals surface area (Å²) in [7, 11) is 0. The number of nitrogens with one attached hydrogen (secondary N) is 2. The molecule has 0 spiro atoms. The van der Waals surface area contributed by atoms with Crippen molar-refractivity contribution < 1.29 is 9.53 Å². The van der Waals surface area contributed by atoms with Gasteiger partial charge in [-0.05, 0) is 36.4 Å². The van der Waals surface area contributed by atoms with Crippen LogP contribution in [0, 0.1) is 11.8 Å². The van der Waals surface area contributed by atoms with Crippen molar-refractivity contribution in [3.8, 4) is 17.6 Å². The minimum atomic E-state index is -0.344. The Hall–Kier alpha value is -3.23. The van der Waals surface area contributed by atoms with E-state index in [9.17, 15) is 4.79 Å². The summed E-state index contributed by atoms with van der Waals surface area (Å²) in [5.41, 5.74) is 1.49. The molecule has 0 radical (unpaired) electrons. The van der Waals surface area contributed by atoms with Gasteiger partial charge in [0.15, 0.2) is 0 Å². The van der Waals surface area contributed by atoms with Gasteiger partial charge in [-0.25, -0.2) is 4.79 Å². The van der Waals surface area contributed by atoms with Gasteiger partial charge in [0.2, 0.25) is 0 Å². The topological polar surface area (TPSA) is 63.2 Å². The average Bonchev–Trinajstić information content (AvgIpc) is 2.64. The molecule has 5 nitrogen and oxygen atoms in total. The molecule has 0 unspecified atom stereocenters. The summed E-state index contributed by atoms with van der Waals surface area (Å²) in [6.45, 7) is 0.449. The number of hydrogen-bond donors (Lipinski definition) is 2. The number of ether oxygens (including phenoxy) is 1. The van der Waals surface area contributed by atoms with Crippen LogP contribution in [0.4, 0.5) is 10.5 Å². The lowest BCUT2D eigenvalue weighted by Gasteiger charge is -2.05. The van der Waals surface area contributed by atoms with Crippen LogP contribution >= 0.6 is 11.6 Å². The van der Waals surface area contributed by atoms with E-state index in [1.165, 1.54) is 0 Å². The van der Waals surface area contributed by atoms with Gasteiger partial charge in [-0.2, -0.15) is 0 Å². The smallest absolute Gasteiger partial charge is 0.319 e. The van der Waals surface area contributed by atoms with E-state index in [1.54, 1.807) is 30.5 Å². The van der Waals surface area contributed by atoms with Gasteiger partial charge in [0.05, 0.1) is 12.1 Å². The molecular formula is C20H16ClN3O2. The Morgan fingerprint density at radius 3 is 2.92 bits per heavy atom. The van der Waals surface area contributed by atoms with E-state index in [4.69, 9.17) is 16.3 Å². The predicted molar refractivity (Wildman–Crippen MR) is 103 cm³/mol. The highest BCUT2D eigenvalue weighted by atomic mass is 35.5. The van der Waals surface area contributed by atoms with Crippen molar-refractivity contribution in [1.29, 1.82) is 0 Å². The summed E-state index contributed by atoms with van der Waals surface area (Å²) in [4.78, 5) is 16.0. The van der Waals surface area contributed by atoms with Gasteiger partial charge >= 0.3 is 6.03 Å². The van der Waals surface area contributed by atoms with E-state index in [1.807, 2.05) is 30.3 Å². The van der Waals surface area contributed by atoms with Gasteiger partial charge in [-0.3, -0.25) is 4.98 Å². The van der Waals surface area contributed by atoms with Crippen molar-refractivity contribution in [2.24, 2.45) is 0 Å². The Labute approximate surface area is 156 Å². The van der Waals surface area contributed by atoms with Crippen molar-refractivity contribution >= 4 is 34.2 Å². The van der Waals surface area contributed by atoms with Crippen LogP contribution in [0.15, 0.2) is 60.8 Å². The first-order chi connectivity index (χ1) is 12.7. The molecule has 0 saturated heterocycles. The highest BCUT2D eigenvalue weighted by Gasteiger charge is 2.00. The molecule has 2 N–H and O–H groups in total. The normalized spacial score (nSPS) is 9.88. The number of hydrogen-bond acceptors (Lipinski definition) is 3. The third-order valence-electron chi connectivity index (χ3n) is 3.43. The zero-order chi connectivity index (χ0) is 18.2. The lowest BCUT2D eigenvalue weighted by atomic mass is 10.2. The van der Waals surface area contributed by atoms with Crippen molar-refractivity contribution in [1.82, 2.24) is 10.3 Å². The highest BCUT2D eigenvalue weighted by Crippen LogP contribution is 2.18. The maximum absolute atomic E-state index is 11.7. The summed E-state index contributed by atoms with van der Waals surface area (Å²) in [5, 5.41) is 6.93. The van der Waals surface area contributed by atoms with E-state index in [0.717, 1.165) is 10.9 Å². The highest BCUT2D eigenvalue weighted by molar-refractivity contribution is 6.30. The third kappa shape index (κ3) is 5.13. The minimum Gasteiger partial charge on any atom is -0.481 e. The third-order valence-corrected chi connectivity index (χ3v) is 3.67. The monoisotopic (exact) mass is 365 g/mol. The van der Waals surface area contributed by atoms with Crippen LogP contribution in [-0.4, -0.2) is 24.2 Å². The SMILES string of the molecule is O=C(NCC#CCOc1ccc2cccnc2c1)Nc1cccc(Cl)c1. The molecule has 0 bridgehead atoms. The minimum absolute atomic E-state index is 0.217. The van der Waals surface area contributed by atoms with Gasteiger partial charge < -0.3 is 15.4 Å². The van der Waals surface area contributed by atoms with Gasteiger partial charge in [-0.15, -0.1) is 0 Å². The first kappa shape index (κ1) is 17.6. The quantitative estimate of drug-likeness (QED) is 0.684. The molecule has 130 valence electrons. The summed E-state index contributed by atoms with van der Waals surface area (Å²) >= 11 is 5.86. The van der Waals surface area contributed by atoms with Gasteiger partial charge in [0.1, 0.15) is 12.4 Å². The second-order valence-electron chi connectivity index (χ2n) is 5.32. The van der Waals surface area contributed by atoms with E-state index in [2.05, 4.69) is 27.5 Å². The van der Waals surface area contributed by atoms with Crippen LogP contribution in [0.25, 0.3) is 10.9 Å². The maximum Gasteiger partial charge on any atom is 0.319 e. The number of carbonyl (C=O) groups is 1. The Morgan fingerprint density at radius 2 is 2.04 bits per heavy atom. The number of benzene rings is 2. The predicted octanol–water partition coefficient (Wildman–Crippen LogP) is 4.09. The standard InChI is InChI=1S/C20H16ClN3O2/c21-16-6-3-7-17(13-16)24-20(25)23-10-1-2-12-26-18-9-8-15-5-4-11-22-19(15)14-18/h3-9,11,13-14H,10,12H2,(H2,23,24,25). The molecule has 0 atom stereocenters. The van der Waals surface area contributed by atoms with Crippen LogP contribution in [0.5, 0.6) is 5.75 Å². The molecule has 1 heterocycles. The number of rotatable bonds is 4. The first-order valence-electron chi connectivity index (χ1n) is 7.94. The van der Waals surface area contributed by atoms with Crippen LogP contribution in [0.2, 0.25) is 5.02 Å². The number of pyridine rings is 1. The average molecular weight is 366 g/mol. The number of anilines is 1. The fourth-order valence-corrected chi connectivity index (χ4v) is 2.43. The molecule has 3 rings (SSSR count). The van der Waals surface area contributed by atoms with E-state index in [-0.39, 0.29) is 19.2 Å². The van der Waals surface area contributed by atoms with Gasteiger partial charge in [-0.1, -0.05) is 35.6 Å². The number of aromatic nitrogens is 1. The van der Waals surface area contributed by atoms with Crippen molar-refractivity contribution in [2.75, 3.05) is 18.5 Å². The number of nitrogens with zero attached hydrogens (tertiary/aromatic N) is 1. The fraction of sp³-hybridized carbons (Fsp3) is 0.100. The molecule has 0 aliphatic heterocycles. The van der Waals surface area contributed by atoms with Crippen molar-refractivity contribution in [3.05, 3.63) is 65.8 Å². The Bertz CT molecular complexity index is 979. The first-order valence-corrected chi connectivity index (χ1v) is 8.32. The zero-order valence-corrected chi connectivity index (χ0v) is 14.6. The molecule has 3 aromatic rings. The molecule has 1 aromatic heterocycles. The molecule has 2 aromatic carbocycles. The molecule has 6 heteroatoms. The van der Waals surface area contributed by atoms with Crippen LogP contribution in [-0.2, 0) is 0 Å². The Kier molecular flexibility index (Phi) is 5.92. The summed E-state index contributed by atoms with van der Waals surface area (Å²) in [6, 6.07) is 16.2. The number of urea groups is 1. The summed E-state index contributed by atoms with van der Waals surface area (Å²) < 4.78 is 5.57. The molecular weight excluding hydrogens is 350 g/mol. The van der Waals surface area contributed by atoms with E-state index >= 15 is 0 Å². The van der Waals surface area contributed by atoms with Crippen molar-refractivity contribution in [2.45, 2.75) is 0 Å². The van der Waals surface area contributed by atoms with E-state index < -0.39 is 0 Å². The Balaban J connectivity index is 1.41. The van der Waals surface area contributed by atoms with E-state index in [0.29, 0.717) is 16.5 Å². The van der Waals surface area contributed by atoms with Crippen LogP contribution in [0.1, 0.15) is 0 Å². The van der Waals surface area contributed by atoms with Gasteiger partial charge in [0, 0.05) is 28.4 Å². The molecule has 0 fully saturated rings. The van der Waals surface area contributed by atoms with Crippen LogP contribution in [0.3, 0.4) is 0 Å². The molecule has 26 heavy (non-hydrogen) atoms. The largest absolute Gasteiger partial charge is 0.481 e. The summed E-state index contributed by atoms with van der Waals surface area (Å²) in [6.07, 6.45) is 1.74. The van der Waals surface area contributed by atoms with Crippen molar-refractivity contribution in [3.63, 3.8) is 0 Å². The fourth-order valence-electron chi connectivity index (χ4n) is 2.23. The van der Waals surface area contributed by atoms with Gasteiger partial charge in [0.25, 0.3) is 0 Å². The lowest BCUT2D eigenvalue weighted by Crippen LogP contribution is -2.28. The lowest BCUT2D eigenvalue weighted by molar-refractivity contribution is 0.253. The molecule has 0 saturated carbocycles. The number of halogens is 1. The zero-order valence-electron chi connectivity index (χ0n) is 13.8. The molecule has 0 aliphatic carbocycles. The number of carbonyl (C=O) groups excluding carboxylic acids is 1. The number of fused-ring (bicyclic) bond motifs is 1. The Morgan fingerprint density at radius 1 is 1.12 bits per heavy atom. The molecule has 2 amide bonds. The maximum atomic E-state index is 11.7. The van der Waals surface area contributed by atoms with Crippen LogP contribution < -0.4 is 15.4 Å². The molecule has 0 aliphatic rings. The second-order valence-corrected chi connectivity index (χ2v) is 5.75. The number of amides is 2. The second kappa shape index (κ2) is 8.75.